The molecule has 0 spiro atoms. The molecular formula is C14H21NOS. The lowest BCUT2D eigenvalue weighted by Crippen LogP contribution is -2.37. The normalized spacial score (nSPS) is 12.5. The lowest BCUT2D eigenvalue weighted by molar-refractivity contribution is -0.119. The molecule has 0 radical (unpaired) electrons. The molecule has 0 aliphatic rings. The molecule has 0 heterocycles. The minimum Gasteiger partial charge on any atom is -0.353 e. The van der Waals surface area contributed by atoms with Crippen molar-refractivity contribution in [1.82, 2.24) is 5.32 Å². The van der Waals surface area contributed by atoms with Gasteiger partial charge in [-0.05, 0) is 18.4 Å². The molecule has 1 N–H and O–H groups in total. The highest BCUT2D eigenvalue weighted by atomic mass is 32.2. The van der Waals surface area contributed by atoms with E-state index in [-0.39, 0.29) is 11.9 Å². The molecule has 2 nitrogen and oxygen atoms in total. The fourth-order valence-corrected chi connectivity index (χ4v) is 2.10. The van der Waals surface area contributed by atoms with Crippen LogP contribution in [0.2, 0.25) is 0 Å². The average molecular weight is 251 g/mol. The van der Waals surface area contributed by atoms with Crippen LogP contribution in [0.4, 0.5) is 0 Å². The predicted octanol–water partition coefficient (Wildman–Crippen LogP) is 3.08. The van der Waals surface area contributed by atoms with Gasteiger partial charge in [0.1, 0.15) is 0 Å². The fraction of sp³-hybridized carbons (Fsp3) is 0.500. The van der Waals surface area contributed by atoms with Crippen LogP contribution in [0.25, 0.3) is 0 Å². The summed E-state index contributed by atoms with van der Waals surface area (Å²) >= 11 is 1.66. The van der Waals surface area contributed by atoms with Gasteiger partial charge in [0.05, 0.1) is 5.75 Å². The van der Waals surface area contributed by atoms with Gasteiger partial charge in [0.15, 0.2) is 0 Å². The number of hydrogen-bond donors (Lipinski definition) is 1. The first kappa shape index (κ1) is 14.1. The summed E-state index contributed by atoms with van der Waals surface area (Å²) in [7, 11) is 0. The zero-order chi connectivity index (χ0) is 12.7. The first-order valence-corrected chi connectivity index (χ1v) is 7.16. The second-order valence-electron chi connectivity index (χ2n) is 4.58. The van der Waals surface area contributed by atoms with E-state index in [1.54, 1.807) is 11.8 Å². The molecule has 0 aromatic heterocycles. The Labute approximate surface area is 108 Å². The molecule has 0 aliphatic heterocycles. The first-order valence-electron chi connectivity index (χ1n) is 6.00. The highest BCUT2D eigenvalue weighted by Gasteiger charge is 2.10. The number of amides is 1. The van der Waals surface area contributed by atoms with Crippen molar-refractivity contribution >= 4 is 17.7 Å². The number of thioether (sulfide) groups is 1. The maximum atomic E-state index is 11.6. The van der Waals surface area contributed by atoms with E-state index in [9.17, 15) is 4.79 Å². The van der Waals surface area contributed by atoms with E-state index < -0.39 is 0 Å². The summed E-state index contributed by atoms with van der Waals surface area (Å²) in [6.45, 7) is 6.27. The third-order valence-electron chi connectivity index (χ3n) is 2.73. The summed E-state index contributed by atoms with van der Waals surface area (Å²) in [5.74, 6) is 2.04. The summed E-state index contributed by atoms with van der Waals surface area (Å²) in [5, 5.41) is 3.01. The maximum Gasteiger partial charge on any atom is 0.230 e. The van der Waals surface area contributed by atoms with Crippen LogP contribution in [-0.4, -0.2) is 17.7 Å². The Hall–Kier alpha value is -0.960. The van der Waals surface area contributed by atoms with Crippen molar-refractivity contribution in [3.63, 3.8) is 0 Å². The molecule has 0 saturated heterocycles. The van der Waals surface area contributed by atoms with Gasteiger partial charge < -0.3 is 5.32 Å². The van der Waals surface area contributed by atoms with Crippen LogP contribution >= 0.6 is 11.8 Å². The summed E-state index contributed by atoms with van der Waals surface area (Å²) in [4.78, 5) is 11.6. The molecule has 1 atom stereocenters. The first-order chi connectivity index (χ1) is 8.09. The number of hydrogen-bond acceptors (Lipinski definition) is 2. The smallest absolute Gasteiger partial charge is 0.230 e. The van der Waals surface area contributed by atoms with Gasteiger partial charge in [-0.3, -0.25) is 4.79 Å². The predicted molar refractivity (Wildman–Crippen MR) is 75.0 cm³/mol. The van der Waals surface area contributed by atoms with Gasteiger partial charge in [-0.25, -0.2) is 0 Å². The molecule has 1 aromatic rings. The van der Waals surface area contributed by atoms with Crippen LogP contribution in [0.3, 0.4) is 0 Å². The Morgan fingerprint density at radius 1 is 1.24 bits per heavy atom. The lowest BCUT2D eigenvalue weighted by Gasteiger charge is -2.17. The van der Waals surface area contributed by atoms with Crippen molar-refractivity contribution in [2.45, 2.75) is 32.6 Å². The van der Waals surface area contributed by atoms with Crippen molar-refractivity contribution in [2.75, 3.05) is 5.75 Å². The Morgan fingerprint density at radius 2 is 1.88 bits per heavy atom. The second-order valence-corrected chi connectivity index (χ2v) is 5.56. The van der Waals surface area contributed by atoms with Crippen molar-refractivity contribution in [3.05, 3.63) is 35.9 Å². The number of carbonyl (C=O) groups is 1. The van der Waals surface area contributed by atoms with Crippen molar-refractivity contribution in [3.8, 4) is 0 Å². The maximum absolute atomic E-state index is 11.6. The van der Waals surface area contributed by atoms with E-state index in [1.165, 1.54) is 5.56 Å². The Balaban J connectivity index is 2.21. The van der Waals surface area contributed by atoms with E-state index in [0.29, 0.717) is 11.7 Å². The number of carbonyl (C=O) groups excluding carboxylic acids is 1. The molecule has 0 bridgehead atoms. The fourth-order valence-electron chi connectivity index (χ4n) is 1.30. The largest absolute Gasteiger partial charge is 0.353 e. The molecule has 0 unspecified atom stereocenters. The summed E-state index contributed by atoms with van der Waals surface area (Å²) in [5.41, 5.74) is 1.27. The van der Waals surface area contributed by atoms with E-state index in [4.69, 9.17) is 0 Å². The zero-order valence-electron chi connectivity index (χ0n) is 10.8. The van der Waals surface area contributed by atoms with E-state index in [0.717, 1.165) is 5.75 Å². The summed E-state index contributed by atoms with van der Waals surface area (Å²) < 4.78 is 0. The van der Waals surface area contributed by atoms with Gasteiger partial charge in [-0.2, -0.15) is 0 Å². The summed E-state index contributed by atoms with van der Waals surface area (Å²) in [6.07, 6.45) is 0. The molecule has 3 heteroatoms. The van der Waals surface area contributed by atoms with E-state index in [2.05, 4.69) is 31.3 Å². The van der Waals surface area contributed by atoms with Crippen LogP contribution in [0, 0.1) is 5.92 Å². The van der Waals surface area contributed by atoms with Gasteiger partial charge in [0, 0.05) is 11.8 Å². The van der Waals surface area contributed by atoms with Gasteiger partial charge in [-0.1, -0.05) is 44.2 Å². The van der Waals surface area contributed by atoms with Crippen LogP contribution in [-0.2, 0) is 10.5 Å². The van der Waals surface area contributed by atoms with E-state index in [1.807, 2.05) is 25.1 Å². The Kier molecular flexibility index (Phi) is 6.12. The molecule has 1 aromatic carbocycles. The standard InChI is InChI=1S/C14H21NOS/c1-11(2)12(3)15-14(16)10-17-9-13-7-5-4-6-8-13/h4-8,11-12H,9-10H2,1-3H3,(H,15,16)/t12-/m1/s1. The van der Waals surface area contributed by atoms with Crippen molar-refractivity contribution in [2.24, 2.45) is 5.92 Å². The lowest BCUT2D eigenvalue weighted by atomic mass is 10.1. The molecule has 0 fully saturated rings. The topological polar surface area (TPSA) is 29.1 Å². The minimum absolute atomic E-state index is 0.132. The number of benzene rings is 1. The molecule has 0 aliphatic carbocycles. The van der Waals surface area contributed by atoms with Gasteiger partial charge in [-0.15, -0.1) is 11.8 Å². The van der Waals surface area contributed by atoms with Gasteiger partial charge in [0.25, 0.3) is 0 Å². The molecule has 94 valence electrons. The number of nitrogens with one attached hydrogen (secondary N) is 1. The van der Waals surface area contributed by atoms with E-state index >= 15 is 0 Å². The minimum atomic E-state index is 0.132. The molecule has 17 heavy (non-hydrogen) atoms. The molecule has 1 amide bonds. The molecular weight excluding hydrogens is 230 g/mol. The number of rotatable bonds is 6. The molecule has 0 saturated carbocycles. The second kappa shape index (κ2) is 7.38. The van der Waals surface area contributed by atoms with Crippen LogP contribution in [0.15, 0.2) is 30.3 Å². The van der Waals surface area contributed by atoms with Crippen molar-refractivity contribution < 1.29 is 4.79 Å². The zero-order valence-corrected chi connectivity index (χ0v) is 11.6. The highest BCUT2D eigenvalue weighted by molar-refractivity contribution is 7.99. The molecule has 1 rings (SSSR count). The Morgan fingerprint density at radius 3 is 2.47 bits per heavy atom. The van der Waals surface area contributed by atoms with Gasteiger partial charge >= 0.3 is 0 Å². The quantitative estimate of drug-likeness (QED) is 0.842. The Bertz CT molecular complexity index is 337. The third-order valence-corrected chi connectivity index (χ3v) is 3.74. The van der Waals surface area contributed by atoms with Crippen LogP contribution in [0.1, 0.15) is 26.3 Å². The average Bonchev–Trinajstić information content (AvgIpc) is 2.30. The van der Waals surface area contributed by atoms with Gasteiger partial charge in [0.2, 0.25) is 5.91 Å². The van der Waals surface area contributed by atoms with Crippen LogP contribution < -0.4 is 5.32 Å². The SMILES string of the molecule is CC(C)[C@@H](C)NC(=O)CSCc1ccccc1. The monoisotopic (exact) mass is 251 g/mol. The van der Waals surface area contributed by atoms with Crippen molar-refractivity contribution in [1.29, 1.82) is 0 Å². The highest BCUT2D eigenvalue weighted by Crippen LogP contribution is 2.11. The third kappa shape index (κ3) is 5.78. The summed E-state index contributed by atoms with van der Waals surface area (Å²) in [6, 6.07) is 10.5. The van der Waals surface area contributed by atoms with Crippen LogP contribution in [0.5, 0.6) is 0 Å².